The van der Waals surface area contributed by atoms with Gasteiger partial charge < -0.3 is 50.3 Å². The van der Waals surface area contributed by atoms with Crippen molar-refractivity contribution in [2.24, 2.45) is 57.9 Å². The Morgan fingerprint density at radius 3 is 0.780 bits per heavy atom. The molecule has 7 fully saturated rings. The van der Waals surface area contributed by atoms with E-state index in [1.807, 2.05) is 0 Å². The van der Waals surface area contributed by atoms with Gasteiger partial charge in [-0.05, 0) is 241 Å². The highest BCUT2D eigenvalue weighted by Crippen LogP contribution is 2.27. The summed E-state index contributed by atoms with van der Waals surface area (Å²) < 4.78 is 0. The SMILES string of the molecule is CC(C)(C)N1CCC(O)C(N)C1.CC(C)(C)N1CCCC(N)C1.CC(C)(C)N1CCC[C@@H](N)C1.CC(C)(C)N1CCC[C@H](N)C1.CC1CC(N)CN(C(C)(C)C)C1.CC1CC(N)CN(C(C)(C)C)C1.CC1CN(C(C)(C)C)CC(N)C1O. The average Bonchev–Trinajstić information content (AvgIpc) is 3.30. The highest BCUT2D eigenvalue weighted by atomic mass is 16.3. The van der Waals surface area contributed by atoms with E-state index in [1.165, 1.54) is 84.1 Å². The minimum Gasteiger partial charge on any atom is -0.391 e. The van der Waals surface area contributed by atoms with Gasteiger partial charge in [0.2, 0.25) is 0 Å². The predicted molar refractivity (Wildman–Crippen MR) is 356 cm³/mol. The first kappa shape index (κ1) is 79.4. The van der Waals surface area contributed by atoms with E-state index in [1.54, 1.807) is 0 Å². The third-order valence-electron chi connectivity index (χ3n) is 18.0. The zero-order valence-corrected chi connectivity index (χ0v) is 58.8. The van der Waals surface area contributed by atoms with Crippen LogP contribution in [0.2, 0.25) is 0 Å². The minimum absolute atomic E-state index is 0.0713. The van der Waals surface area contributed by atoms with Crippen LogP contribution >= 0.6 is 0 Å². The van der Waals surface area contributed by atoms with Gasteiger partial charge in [-0.1, -0.05) is 20.8 Å². The standard InChI is InChI=1S/C10H22N2O.2C10H22N2.C9H20N2O.3C9H20N2/c1-7-5-12(10(2,3)4)6-8(11)9(7)13;2*1-8-5-9(11)7-12(6-8)10(2,3)4;1-9(2,3)11-5-4-8(12)7(10)6-11;3*1-9(2,3)11-6-4-5-8(10)7-11/h7-9,13H,5-6,11H2,1-4H3;2*8-9H,5-7,11H2,1-4H3;7-8,12H,4-6,10H2,1-3H3;3*8H,4-7,10H2,1-3H3/t;;;;2*8-;/m....10./s1. The van der Waals surface area contributed by atoms with Gasteiger partial charge in [0, 0.05) is 153 Å². The molecule has 16 N–H and O–H groups in total. The first-order valence-electron chi connectivity index (χ1n) is 32.9. The molecule has 12 atom stereocenters. The van der Waals surface area contributed by atoms with Crippen molar-refractivity contribution in [1.82, 2.24) is 34.3 Å². The normalized spacial score (nSPS) is 32.5. The lowest BCUT2D eigenvalue weighted by atomic mass is 9.89. The number of aliphatic hydroxyl groups excluding tert-OH is 2. The molecule has 16 heteroatoms. The fourth-order valence-electron chi connectivity index (χ4n) is 12.2. The highest BCUT2D eigenvalue weighted by molar-refractivity contribution is 4.93. The average molecular weight is 1170 g/mol. The number of nitrogens with two attached hydrogens (primary N) is 7. The molecule has 0 aliphatic carbocycles. The van der Waals surface area contributed by atoms with Crippen LogP contribution in [-0.2, 0) is 0 Å². The summed E-state index contributed by atoms with van der Waals surface area (Å²) >= 11 is 0. The van der Waals surface area contributed by atoms with Crippen molar-refractivity contribution in [3.8, 4) is 0 Å². The van der Waals surface area contributed by atoms with Crippen LogP contribution in [0, 0.1) is 17.8 Å². The van der Waals surface area contributed by atoms with Crippen molar-refractivity contribution >= 4 is 0 Å². The third kappa shape index (κ3) is 31.5. The molecule has 0 saturated carbocycles. The van der Waals surface area contributed by atoms with Crippen molar-refractivity contribution < 1.29 is 10.2 Å². The predicted octanol–water partition coefficient (Wildman–Crippen LogP) is 7.14. The van der Waals surface area contributed by atoms with Crippen LogP contribution in [-0.4, -0.2) is 229 Å². The third-order valence-corrected chi connectivity index (χ3v) is 18.0. The number of aliphatic hydroxyl groups is 2. The van der Waals surface area contributed by atoms with E-state index in [9.17, 15) is 10.2 Å². The first-order valence-corrected chi connectivity index (χ1v) is 32.9. The van der Waals surface area contributed by atoms with E-state index in [0.29, 0.717) is 46.8 Å². The lowest BCUT2D eigenvalue weighted by Gasteiger charge is -2.45. The summed E-state index contributed by atoms with van der Waals surface area (Å²) in [5.41, 5.74) is 43.0. The molecule has 0 aromatic rings. The van der Waals surface area contributed by atoms with Crippen LogP contribution in [0.5, 0.6) is 0 Å². The molecule has 7 rings (SSSR count). The van der Waals surface area contributed by atoms with Gasteiger partial charge in [0.15, 0.2) is 0 Å². The Balaban J connectivity index is 0.000000479. The van der Waals surface area contributed by atoms with Gasteiger partial charge in [-0.2, -0.15) is 0 Å². The molecule has 0 radical (unpaired) electrons. The monoisotopic (exact) mass is 1170 g/mol. The molecule has 82 heavy (non-hydrogen) atoms. The van der Waals surface area contributed by atoms with Gasteiger partial charge in [-0.25, -0.2) is 0 Å². The van der Waals surface area contributed by atoms with E-state index >= 15 is 0 Å². The molecule has 16 nitrogen and oxygen atoms in total. The smallest absolute Gasteiger partial charge is 0.0741 e. The Hall–Kier alpha value is -0.640. The van der Waals surface area contributed by atoms with Crippen LogP contribution in [0.1, 0.15) is 224 Å². The molecule has 0 bridgehead atoms. The molecular weight excluding hydrogens is 1020 g/mol. The number of likely N-dealkylation sites (tertiary alicyclic amines) is 7. The summed E-state index contributed by atoms with van der Waals surface area (Å²) in [4.78, 5) is 17.1. The first-order chi connectivity index (χ1) is 37.0. The Bertz CT molecular complexity index is 1550. The molecular formula is C66H146N14O2. The Morgan fingerprint density at radius 2 is 0.549 bits per heavy atom. The second-order valence-electron chi connectivity index (χ2n) is 33.8. The molecule has 0 amide bonds. The van der Waals surface area contributed by atoms with Crippen molar-refractivity contribution in [2.75, 3.05) is 91.6 Å². The molecule has 492 valence electrons. The van der Waals surface area contributed by atoms with Gasteiger partial charge in [-0.3, -0.25) is 34.3 Å². The molecule has 7 aliphatic heterocycles. The molecule has 0 aromatic carbocycles. The highest BCUT2D eigenvalue weighted by Gasteiger charge is 2.36. The summed E-state index contributed by atoms with van der Waals surface area (Å²) in [6.45, 7) is 68.5. The second-order valence-corrected chi connectivity index (χ2v) is 33.8. The zero-order chi connectivity index (χ0) is 63.7. The lowest BCUT2D eigenvalue weighted by Crippen LogP contribution is -2.60. The summed E-state index contributed by atoms with van der Waals surface area (Å²) in [6.07, 6.45) is 9.93. The molecule has 0 spiro atoms. The molecule has 7 saturated heterocycles. The van der Waals surface area contributed by atoms with E-state index in [0.717, 1.165) is 77.2 Å². The van der Waals surface area contributed by atoms with Crippen LogP contribution in [0.15, 0.2) is 0 Å². The minimum atomic E-state index is -0.335. The van der Waals surface area contributed by atoms with Crippen LogP contribution in [0.3, 0.4) is 0 Å². The fourth-order valence-corrected chi connectivity index (χ4v) is 12.2. The summed E-state index contributed by atoms with van der Waals surface area (Å²) in [5.74, 6) is 1.80. The van der Waals surface area contributed by atoms with Gasteiger partial charge in [0.05, 0.1) is 12.2 Å². The van der Waals surface area contributed by atoms with Gasteiger partial charge in [0.1, 0.15) is 0 Å². The number of piperidine rings is 7. The maximum Gasteiger partial charge on any atom is 0.0741 e. The Morgan fingerprint density at radius 1 is 0.293 bits per heavy atom. The van der Waals surface area contributed by atoms with Crippen molar-refractivity contribution in [3.63, 3.8) is 0 Å². The second kappa shape index (κ2) is 34.4. The van der Waals surface area contributed by atoms with Gasteiger partial charge in [-0.15, -0.1) is 0 Å². The summed E-state index contributed by atoms with van der Waals surface area (Å²) in [6, 6.07) is 1.82. The summed E-state index contributed by atoms with van der Waals surface area (Å²) in [7, 11) is 0. The van der Waals surface area contributed by atoms with Crippen molar-refractivity contribution in [2.45, 2.75) is 317 Å². The molecule has 0 aromatic heterocycles. The number of hydrogen-bond donors (Lipinski definition) is 9. The van der Waals surface area contributed by atoms with Gasteiger partial charge >= 0.3 is 0 Å². The van der Waals surface area contributed by atoms with Crippen LogP contribution in [0.4, 0.5) is 0 Å². The fraction of sp³-hybridized carbons (Fsp3) is 1.00. The summed E-state index contributed by atoms with van der Waals surface area (Å²) in [5, 5.41) is 19.1. The molecule has 7 heterocycles. The molecule has 10 unspecified atom stereocenters. The van der Waals surface area contributed by atoms with E-state index in [2.05, 4.69) is 200 Å². The van der Waals surface area contributed by atoms with E-state index in [4.69, 9.17) is 40.1 Å². The van der Waals surface area contributed by atoms with E-state index in [-0.39, 0.29) is 52.4 Å². The topological polar surface area (TPSA) is 245 Å². The quantitative estimate of drug-likeness (QED) is 0.117. The zero-order valence-electron chi connectivity index (χ0n) is 58.8. The lowest BCUT2D eigenvalue weighted by molar-refractivity contribution is -0.0160. The number of nitrogens with zero attached hydrogens (tertiary/aromatic N) is 7. The molecule has 7 aliphatic rings. The Kier molecular flexibility index (Phi) is 33.3. The largest absolute Gasteiger partial charge is 0.391 e. The van der Waals surface area contributed by atoms with Crippen molar-refractivity contribution in [1.29, 1.82) is 0 Å². The number of rotatable bonds is 0. The maximum atomic E-state index is 9.68. The Labute approximate surface area is 509 Å². The van der Waals surface area contributed by atoms with E-state index < -0.39 is 0 Å². The van der Waals surface area contributed by atoms with Crippen LogP contribution in [0.25, 0.3) is 0 Å². The maximum absolute atomic E-state index is 9.68. The van der Waals surface area contributed by atoms with Crippen LogP contribution < -0.4 is 40.1 Å². The van der Waals surface area contributed by atoms with Crippen molar-refractivity contribution in [3.05, 3.63) is 0 Å². The van der Waals surface area contributed by atoms with Gasteiger partial charge in [0.25, 0.3) is 0 Å². The number of hydrogen-bond acceptors (Lipinski definition) is 16.